The maximum absolute atomic E-state index is 13.8. The lowest BCUT2D eigenvalue weighted by Gasteiger charge is -2.18. The second-order valence-corrected chi connectivity index (χ2v) is 9.29. The van der Waals surface area contributed by atoms with Gasteiger partial charge in [-0.2, -0.15) is 5.10 Å². The highest BCUT2D eigenvalue weighted by atomic mass is 16.5. The number of amides is 2. The van der Waals surface area contributed by atoms with Crippen molar-refractivity contribution in [1.82, 2.24) is 30.0 Å². The molecule has 4 rings (SSSR count). The van der Waals surface area contributed by atoms with Crippen LogP contribution in [0.5, 0.6) is 11.5 Å². The van der Waals surface area contributed by atoms with Gasteiger partial charge in [-0.1, -0.05) is 11.6 Å². The van der Waals surface area contributed by atoms with E-state index in [0.29, 0.717) is 46.0 Å². The number of hydrogen-bond acceptors (Lipinski definition) is 7. The number of carbonyl (C=O) groups is 2. The molecular formula is C29H34N6O4. The summed E-state index contributed by atoms with van der Waals surface area (Å²) in [5, 5.41) is 7.66. The van der Waals surface area contributed by atoms with Gasteiger partial charge in [-0.25, -0.2) is 9.97 Å². The molecule has 1 N–H and O–H groups in total. The number of aromatic nitrogens is 4. The van der Waals surface area contributed by atoms with E-state index < -0.39 is 0 Å². The van der Waals surface area contributed by atoms with E-state index in [9.17, 15) is 9.59 Å². The lowest BCUT2D eigenvalue weighted by Crippen LogP contribution is -2.28. The summed E-state index contributed by atoms with van der Waals surface area (Å²) in [5.74, 6) is 1.06. The van der Waals surface area contributed by atoms with Crippen LogP contribution in [-0.4, -0.2) is 64.3 Å². The van der Waals surface area contributed by atoms with Crippen molar-refractivity contribution < 1.29 is 19.1 Å². The predicted octanol–water partition coefficient (Wildman–Crippen LogP) is 3.93. The summed E-state index contributed by atoms with van der Waals surface area (Å²) in [7, 11) is 4.89. The van der Waals surface area contributed by atoms with Gasteiger partial charge in [0, 0.05) is 49.4 Å². The smallest absolute Gasteiger partial charge is 0.273 e. The molecule has 0 radical (unpaired) electrons. The third kappa shape index (κ3) is 6.00. The first-order chi connectivity index (χ1) is 18.7. The molecule has 0 aliphatic rings. The maximum Gasteiger partial charge on any atom is 0.273 e. The van der Waals surface area contributed by atoms with Gasteiger partial charge in [-0.3, -0.25) is 14.3 Å². The molecule has 2 aromatic carbocycles. The van der Waals surface area contributed by atoms with E-state index in [1.54, 1.807) is 44.4 Å². The number of nitrogens with zero attached hydrogens (tertiary/aromatic N) is 5. The average Bonchev–Trinajstić information content (AvgIpc) is 3.30. The van der Waals surface area contributed by atoms with Crippen molar-refractivity contribution >= 4 is 22.7 Å². The minimum absolute atomic E-state index is 0.109. The van der Waals surface area contributed by atoms with E-state index in [2.05, 4.69) is 10.4 Å². The minimum atomic E-state index is -0.209. The first kappa shape index (κ1) is 27.6. The highest BCUT2D eigenvalue weighted by Crippen LogP contribution is 2.33. The van der Waals surface area contributed by atoms with Gasteiger partial charge >= 0.3 is 0 Å². The first-order valence-corrected chi connectivity index (χ1v) is 12.8. The highest BCUT2D eigenvalue weighted by molar-refractivity contribution is 6.05. The Morgan fingerprint density at radius 1 is 1.08 bits per heavy atom. The molecule has 2 aromatic heterocycles. The fraction of sp³-hybridized carbons (Fsp3) is 0.345. The Bertz CT molecular complexity index is 1510. The zero-order valence-electron chi connectivity index (χ0n) is 23.2. The Balaban J connectivity index is 1.69. The number of aryl methyl sites for hydroxylation is 2. The van der Waals surface area contributed by atoms with Crippen molar-refractivity contribution in [3.05, 3.63) is 65.1 Å². The number of benzene rings is 2. The summed E-state index contributed by atoms with van der Waals surface area (Å²) in [6.45, 7) is 7.40. The molecule has 10 nitrogen and oxygen atoms in total. The van der Waals surface area contributed by atoms with Crippen molar-refractivity contribution in [2.45, 2.75) is 40.3 Å². The fourth-order valence-corrected chi connectivity index (χ4v) is 4.31. The van der Waals surface area contributed by atoms with Gasteiger partial charge in [0.1, 0.15) is 5.69 Å². The van der Waals surface area contributed by atoms with Gasteiger partial charge in [0.05, 0.1) is 31.9 Å². The van der Waals surface area contributed by atoms with Crippen molar-refractivity contribution in [2.24, 2.45) is 0 Å². The molecular weight excluding hydrogens is 496 g/mol. The Morgan fingerprint density at radius 3 is 2.56 bits per heavy atom. The first-order valence-electron chi connectivity index (χ1n) is 12.8. The number of carbonyl (C=O) groups excluding carboxylic acids is 2. The van der Waals surface area contributed by atoms with E-state index in [4.69, 9.17) is 19.4 Å². The summed E-state index contributed by atoms with van der Waals surface area (Å²) in [5.41, 5.74) is 4.69. The van der Waals surface area contributed by atoms with Gasteiger partial charge in [-0.05, 0) is 51.1 Å². The number of rotatable bonds is 10. The Hall–Kier alpha value is -4.47. The Kier molecular flexibility index (Phi) is 8.43. The largest absolute Gasteiger partial charge is 0.493 e. The van der Waals surface area contributed by atoms with Crippen molar-refractivity contribution in [3.8, 4) is 22.9 Å². The summed E-state index contributed by atoms with van der Waals surface area (Å²) in [6.07, 6.45) is 2.03. The minimum Gasteiger partial charge on any atom is -0.493 e. The monoisotopic (exact) mass is 530 g/mol. The molecule has 2 heterocycles. The molecule has 0 fully saturated rings. The van der Waals surface area contributed by atoms with Crippen LogP contribution in [-0.2, 0) is 17.9 Å². The van der Waals surface area contributed by atoms with Crippen molar-refractivity contribution in [2.75, 3.05) is 27.8 Å². The van der Waals surface area contributed by atoms with E-state index in [1.165, 1.54) is 0 Å². The second kappa shape index (κ2) is 11.9. The SMILES string of the molecule is CCn1ncc(CN(C)C(=O)c2nc(-c3ccc(OCCC(=O)NC)c(OC)c3)nc3ccc(C)cc23)c1C. The third-order valence-electron chi connectivity index (χ3n) is 6.60. The zero-order valence-corrected chi connectivity index (χ0v) is 23.2. The molecule has 204 valence electrons. The summed E-state index contributed by atoms with van der Waals surface area (Å²) in [6, 6.07) is 11.1. The summed E-state index contributed by atoms with van der Waals surface area (Å²) < 4.78 is 13.2. The molecule has 4 aromatic rings. The van der Waals surface area contributed by atoms with Gasteiger partial charge in [0.15, 0.2) is 17.3 Å². The van der Waals surface area contributed by atoms with Gasteiger partial charge in [-0.15, -0.1) is 0 Å². The predicted molar refractivity (Wildman–Crippen MR) is 149 cm³/mol. The van der Waals surface area contributed by atoms with E-state index in [0.717, 1.165) is 23.4 Å². The van der Waals surface area contributed by atoms with Crippen LogP contribution in [0.4, 0.5) is 0 Å². The molecule has 0 aliphatic carbocycles. The van der Waals surface area contributed by atoms with Crippen LogP contribution in [0, 0.1) is 13.8 Å². The molecule has 39 heavy (non-hydrogen) atoms. The lowest BCUT2D eigenvalue weighted by molar-refractivity contribution is -0.121. The molecule has 0 unspecified atom stereocenters. The normalized spacial score (nSPS) is 10.9. The molecule has 0 spiro atoms. The van der Waals surface area contributed by atoms with Gasteiger partial charge in [0.2, 0.25) is 5.91 Å². The number of nitrogens with one attached hydrogen (secondary N) is 1. The molecule has 2 amide bonds. The number of methoxy groups -OCH3 is 1. The standard InChI is InChI=1S/C29H34N6O4/c1-7-35-19(3)21(16-31-35)17-34(5)29(37)27-22-14-18(2)8-10-23(22)32-28(33-27)20-9-11-24(25(15-20)38-6)39-13-12-26(36)30-4/h8-11,14-16H,7,12-13,17H2,1-6H3,(H,30,36). The van der Waals surface area contributed by atoms with Crippen LogP contribution in [0.25, 0.3) is 22.3 Å². The lowest BCUT2D eigenvalue weighted by atomic mass is 10.1. The molecule has 0 saturated heterocycles. The summed E-state index contributed by atoms with van der Waals surface area (Å²) in [4.78, 5) is 36.4. The number of hydrogen-bond donors (Lipinski definition) is 1. The zero-order chi connectivity index (χ0) is 28.1. The van der Waals surface area contributed by atoms with Gasteiger partial charge < -0.3 is 19.7 Å². The van der Waals surface area contributed by atoms with Crippen LogP contribution in [0.2, 0.25) is 0 Å². The number of fused-ring (bicyclic) bond motifs is 1. The van der Waals surface area contributed by atoms with Crippen LogP contribution < -0.4 is 14.8 Å². The van der Waals surface area contributed by atoms with Crippen LogP contribution in [0.1, 0.15) is 40.7 Å². The Labute approximate surface area is 228 Å². The molecule has 0 bridgehead atoms. The van der Waals surface area contributed by atoms with E-state index >= 15 is 0 Å². The van der Waals surface area contributed by atoms with E-state index in [-0.39, 0.29) is 24.8 Å². The Morgan fingerprint density at radius 2 is 1.87 bits per heavy atom. The number of ether oxygens (including phenoxy) is 2. The van der Waals surface area contributed by atoms with Crippen LogP contribution in [0.3, 0.4) is 0 Å². The van der Waals surface area contributed by atoms with Gasteiger partial charge in [0.25, 0.3) is 5.91 Å². The fourth-order valence-electron chi connectivity index (χ4n) is 4.31. The maximum atomic E-state index is 13.8. The molecule has 0 aliphatic heterocycles. The summed E-state index contributed by atoms with van der Waals surface area (Å²) >= 11 is 0. The molecule has 0 saturated carbocycles. The molecule has 0 atom stereocenters. The van der Waals surface area contributed by atoms with E-state index in [1.807, 2.05) is 49.7 Å². The van der Waals surface area contributed by atoms with Crippen LogP contribution >= 0.6 is 0 Å². The van der Waals surface area contributed by atoms with Crippen molar-refractivity contribution in [1.29, 1.82) is 0 Å². The molecule has 10 heteroatoms. The second-order valence-electron chi connectivity index (χ2n) is 9.29. The highest BCUT2D eigenvalue weighted by Gasteiger charge is 2.21. The quantitative estimate of drug-likeness (QED) is 0.331. The van der Waals surface area contributed by atoms with Crippen molar-refractivity contribution in [3.63, 3.8) is 0 Å². The average molecular weight is 531 g/mol. The topological polar surface area (TPSA) is 111 Å². The third-order valence-corrected chi connectivity index (χ3v) is 6.60. The van der Waals surface area contributed by atoms with Crippen LogP contribution in [0.15, 0.2) is 42.6 Å².